The molecule has 0 saturated heterocycles. The van der Waals surface area contributed by atoms with Crippen molar-refractivity contribution in [2.24, 2.45) is 0 Å². The molecule has 0 aromatic carbocycles. The van der Waals surface area contributed by atoms with Gasteiger partial charge in [0.25, 0.3) is 0 Å². The van der Waals surface area contributed by atoms with Crippen molar-refractivity contribution in [1.29, 1.82) is 0 Å². The molecule has 0 spiro atoms. The van der Waals surface area contributed by atoms with Gasteiger partial charge in [-0.15, -0.1) is 0 Å². The van der Waals surface area contributed by atoms with Gasteiger partial charge >= 0.3 is 0 Å². The zero-order valence-electron chi connectivity index (χ0n) is 8.33. The standard InChI is InChI=1S/C8H17NO3S/c1-4-6-7(10)8(5-2)13(11,12)9-3/h8-9H,4-6H2,1-3H3. The van der Waals surface area contributed by atoms with E-state index in [2.05, 4.69) is 4.72 Å². The highest BCUT2D eigenvalue weighted by atomic mass is 32.2. The molecule has 0 aromatic rings. The van der Waals surface area contributed by atoms with Gasteiger partial charge in [0.05, 0.1) is 0 Å². The predicted molar refractivity (Wildman–Crippen MR) is 52.0 cm³/mol. The Balaban J connectivity index is 4.61. The van der Waals surface area contributed by atoms with Crippen LogP contribution in [0, 0.1) is 0 Å². The summed E-state index contributed by atoms with van der Waals surface area (Å²) in [7, 11) is -2.10. The lowest BCUT2D eigenvalue weighted by atomic mass is 10.1. The fraction of sp³-hybridized carbons (Fsp3) is 0.875. The first-order valence-corrected chi connectivity index (χ1v) is 5.99. The quantitative estimate of drug-likeness (QED) is 0.696. The van der Waals surface area contributed by atoms with Gasteiger partial charge in [0.15, 0.2) is 5.78 Å². The van der Waals surface area contributed by atoms with Crippen LogP contribution in [0.2, 0.25) is 0 Å². The van der Waals surface area contributed by atoms with E-state index in [0.717, 1.165) is 0 Å². The Morgan fingerprint density at radius 3 is 2.23 bits per heavy atom. The fourth-order valence-electron chi connectivity index (χ4n) is 1.17. The lowest BCUT2D eigenvalue weighted by Crippen LogP contribution is -2.37. The van der Waals surface area contributed by atoms with E-state index < -0.39 is 15.3 Å². The van der Waals surface area contributed by atoms with Gasteiger partial charge < -0.3 is 0 Å². The third kappa shape index (κ3) is 3.44. The Kier molecular flexibility index (Phi) is 5.17. The van der Waals surface area contributed by atoms with Crippen molar-refractivity contribution in [3.63, 3.8) is 0 Å². The minimum atomic E-state index is -3.43. The molecule has 0 fully saturated rings. The molecule has 0 bridgehead atoms. The molecule has 78 valence electrons. The molecule has 0 rings (SSSR count). The van der Waals surface area contributed by atoms with E-state index in [1.807, 2.05) is 6.92 Å². The first-order chi connectivity index (χ1) is 5.99. The predicted octanol–water partition coefficient (Wildman–Crippen LogP) is 0.683. The average molecular weight is 207 g/mol. The van der Waals surface area contributed by atoms with E-state index in [4.69, 9.17) is 0 Å². The molecule has 1 atom stereocenters. The second kappa shape index (κ2) is 5.34. The third-order valence-electron chi connectivity index (χ3n) is 1.89. The number of nitrogens with one attached hydrogen (secondary N) is 1. The second-order valence-electron chi connectivity index (χ2n) is 2.86. The monoisotopic (exact) mass is 207 g/mol. The van der Waals surface area contributed by atoms with Gasteiger partial charge in [-0.3, -0.25) is 4.79 Å². The maximum Gasteiger partial charge on any atom is 0.221 e. The van der Waals surface area contributed by atoms with Gasteiger partial charge in [-0.1, -0.05) is 13.8 Å². The highest BCUT2D eigenvalue weighted by molar-refractivity contribution is 7.90. The number of hydrogen-bond donors (Lipinski definition) is 1. The van der Waals surface area contributed by atoms with Crippen LogP contribution < -0.4 is 4.72 Å². The zero-order valence-corrected chi connectivity index (χ0v) is 9.15. The van der Waals surface area contributed by atoms with Crippen molar-refractivity contribution in [2.75, 3.05) is 7.05 Å². The van der Waals surface area contributed by atoms with Crippen molar-refractivity contribution in [3.05, 3.63) is 0 Å². The highest BCUT2D eigenvalue weighted by Gasteiger charge is 2.28. The Morgan fingerprint density at radius 1 is 1.38 bits per heavy atom. The number of sulfonamides is 1. The lowest BCUT2D eigenvalue weighted by Gasteiger charge is -2.12. The van der Waals surface area contributed by atoms with Crippen LogP contribution in [0.4, 0.5) is 0 Å². The summed E-state index contributed by atoms with van der Waals surface area (Å²) in [6, 6.07) is 0. The van der Waals surface area contributed by atoms with Crippen molar-refractivity contribution in [1.82, 2.24) is 4.72 Å². The summed E-state index contributed by atoms with van der Waals surface area (Å²) in [4.78, 5) is 11.4. The lowest BCUT2D eigenvalue weighted by molar-refractivity contribution is -0.118. The van der Waals surface area contributed by atoms with Crippen molar-refractivity contribution in [3.8, 4) is 0 Å². The van der Waals surface area contributed by atoms with E-state index in [0.29, 0.717) is 19.3 Å². The Hall–Kier alpha value is -0.420. The topological polar surface area (TPSA) is 63.2 Å². The fourth-order valence-corrected chi connectivity index (χ4v) is 2.36. The van der Waals surface area contributed by atoms with Crippen LogP contribution in [0.25, 0.3) is 0 Å². The van der Waals surface area contributed by atoms with E-state index in [1.165, 1.54) is 7.05 Å². The summed E-state index contributed by atoms with van der Waals surface area (Å²) in [5.41, 5.74) is 0. The van der Waals surface area contributed by atoms with Crippen LogP contribution in [0.5, 0.6) is 0 Å². The molecule has 0 aliphatic rings. The molecule has 4 nitrogen and oxygen atoms in total. The maximum absolute atomic E-state index is 11.4. The molecule has 13 heavy (non-hydrogen) atoms. The van der Waals surface area contributed by atoms with Gasteiger partial charge in [0.1, 0.15) is 5.25 Å². The summed E-state index contributed by atoms with van der Waals surface area (Å²) >= 11 is 0. The second-order valence-corrected chi connectivity index (χ2v) is 4.93. The van der Waals surface area contributed by atoms with Gasteiger partial charge in [0, 0.05) is 6.42 Å². The minimum absolute atomic E-state index is 0.195. The SMILES string of the molecule is CCCC(=O)C(CC)S(=O)(=O)NC. The van der Waals surface area contributed by atoms with Crippen LogP contribution in [-0.2, 0) is 14.8 Å². The van der Waals surface area contributed by atoms with E-state index in [9.17, 15) is 13.2 Å². The van der Waals surface area contributed by atoms with E-state index in [-0.39, 0.29) is 5.78 Å². The molecule has 0 saturated carbocycles. The van der Waals surface area contributed by atoms with E-state index in [1.54, 1.807) is 6.92 Å². The number of Topliss-reactive ketones (excluding diaryl/α,β-unsaturated/α-hetero) is 1. The smallest absolute Gasteiger partial charge is 0.221 e. The van der Waals surface area contributed by atoms with Crippen LogP contribution in [0.3, 0.4) is 0 Å². The molecular weight excluding hydrogens is 190 g/mol. The molecule has 1 unspecified atom stereocenters. The Morgan fingerprint density at radius 2 is 1.92 bits per heavy atom. The Labute approximate surface area is 79.8 Å². The number of rotatable bonds is 6. The summed E-state index contributed by atoms with van der Waals surface area (Å²) in [6.45, 7) is 3.56. The van der Waals surface area contributed by atoms with Gasteiger partial charge in [-0.25, -0.2) is 13.1 Å². The molecule has 0 amide bonds. The van der Waals surface area contributed by atoms with Crippen molar-refractivity contribution in [2.45, 2.75) is 38.4 Å². The number of carbonyl (C=O) groups is 1. The largest absolute Gasteiger partial charge is 0.298 e. The normalized spacial score (nSPS) is 14.1. The molecule has 0 aliphatic carbocycles. The van der Waals surface area contributed by atoms with Crippen molar-refractivity contribution < 1.29 is 13.2 Å². The molecular formula is C8H17NO3S. The molecule has 1 N–H and O–H groups in total. The molecule has 5 heteroatoms. The summed E-state index contributed by atoms with van der Waals surface area (Å²) in [5, 5.41) is -0.877. The molecule has 0 aromatic heterocycles. The first kappa shape index (κ1) is 12.6. The Bertz CT molecular complexity index is 259. The number of carbonyl (C=O) groups excluding carboxylic acids is 1. The van der Waals surface area contributed by atoms with Crippen LogP contribution in [0.15, 0.2) is 0 Å². The molecule has 0 heterocycles. The zero-order chi connectivity index (χ0) is 10.5. The summed E-state index contributed by atoms with van der Waals surface area (Å²) in [6.07, 6.45) is 1.36. The molecule has 0 aliphatic heterocycles. The third-order valence-corrected chi connectivity index (χ3v) is 3.80. The van der Waals surface area contributed by atoms with Crippen molar-refractivity contribution >= 4 is 15.8 Å². The van der Waals surface area contributed by atoms with Crippen LogP contribution in [-0.4, -0.2) is 26.5 Å². The number of hydrogen-bond acceptors (Lipinski definition) is 3. The van der Waals surface area contributed by atoms with Gasteiger partial charge in [-0.2, -0.15) is 0 Å². The van der Waals surface area contributed by atoms with E-state index >= 15 is 0 Å². The number of ketones is 1. The van der Waals surface area contributed by atoms with Gasteiger partial charge in [-0.05, 0) is 19.9 Å². The summed E-state index contributed by atoms with van der Waals surface area (Å²) in [5.74, 6) is -0.195. The minimum Gasteiger partial charge on any atom is -0.298 e. The highest BCUT2D eigenvalue weighted by Crippen LogP contribution is 2.08. The average Bonchev–Trinajstić information content (AvgIpc) is 2.05. The molecule has 0 radical (unpaired) electrons. The van der Waals surface area contributed by atoms with Gasteiger partial charge in [0.2, 0.25) is 10.0 Å². The summed E-state index contributed by atoms with van der Waals surface area (Å²) < 4.78 is 24.8. The first-order valence-electron chi connectivity index (χ1n) is 4.44. The maximum atomic E-state index is 11.4. The van der Waals surface area contributed by atoms with Crippen LogP contribution >= 0.6 is 0 Å². The van der Waals surface area contributed by atoms with Crippen LogP contribution in [0.1, 0.15) is 33.1 Å².